The number of hydrogen-bond donors (Lipinski definition) is 1. The van der Waals surface area contributed by atoms with Crippen LogP contribution in [0.25, 0.3) is 11.0 Å². The van der Waals surface area contributed by atoms with Crippen LogP contribution in [0.3, 0.4) is 0 Å². The summed E-state index contributed by atoms with van der Waals surface area (Å²) in [6.45, 7) is 2.24. The molecule has 1 N–H and O–H groups in total. The number of furan rings is 1. The number of rotatable bonds is 7. The van der Waals surface area contributed by atoms with Gasteiger partial charge in [-0.05, 0) is 55.5 Å². The summed E-state index contributed by atoms with van der Waals surface area (Å²) >= 11 is 0. The van der Waals surface area contributed by atoms with Crippen molar-refractivity contribution in [3.8, 4) is 0 Å². The first-order valence-electron chi connectivity index (χ1n) is 9.82. The van der Waals surface area contributed by atoms with Crippen LogP contribution in [0.15, 0.2) is 46.9 Å². The van der Waals surface area contributed by atoms with E-state index in [1.807, 2.05) is 43.3 Å². The lowest BCUT2D eigenvalue weighted by molar-refractivity contribution is -0.119. The van der Waals surface area contributed by atoms with Gasteiger partial charge in [0.25, 0.3) is 5.91 Å². The highest BCUT2D eigenvalue weighted by Crippen LogP contribution is 2.27. The highest BCUT2D eigenvalue weighted by Gasteiger charge is 2.22. The van der Waals surface area contributed by atoms with Crippen molar-refractivity contribution < 1.29 is 23.5 Å². The number of fused-ring (bicyclic) bond motifs is 2. The van der Waals surface area contributed by atoms with Gasteiger partial charge in [-0.1, -0.05) is 24.3 Å². The van der Waals surface area contributed by atoms with Crippen molar-refractivity contribution in [3.05, 3.63) is 64.9 Å². The molecule has 3 aromatic rings. The fourth-order valence-corrected chi connectivity index (χ4v) is 3.65. The van der Waals surface area contributed by atoms with Crippen molar-refractivity contribution in [2.45, 2.75) is 32.8 Å². The van der Waals surface area contributed by atoms with E-state index in [0.29, 0.717) is 23.4 Å². The minimum atomic E-state index is -0.681. The number of hydrogen-bond acceptors (Lipinski definition) is 5. The van der Waals surface area contributed by atoms with E-state index < -0.39 is 11.9 Å². The van der Waals surface area contributed by atoms with Gasteiger partial charge < -0.3 is 19.2 Å². The van der Waals surface area contributed by atoms with Crippen LogP contribution in [0.1, 0.15) is 40.6 Å². The number of para-hydroxylation sites is 1. The molecular formula is C23H23NO5. The van der Waals surface area contributed by atoms with Crippen molar-refractivity contribution in [1.82, 2.24) is 0 Å². The van der Waals surface area contributed by atoms with Crippen LogP contribution in [0.4, 0.5) is 5.69 Å². The third kappa shape index (κ3) is 4.17. The third-order valence-electron chi connectivity index (χ3n) is 5.05. The molecule has 0 unspecified atom stereocenters. The highest BCUT2D eigenvalue weighted by molar-refractivity contribution is 5.98. The van der Waals surface area contributed by atoms with Crippen molar-refractivity contribution in [1.29, 1.82) is 0 Å². The Labute approximate surface area is 168 Å². The summed E-state index contributed by atoms with van der Waals surface area (Å²) in [5, 5.41) is 3.58. The smallest absolute Gasteiger partial charge is 0.375 e. The van der Waals surface area contributed by atoms with E-state index in [9.17, 15) is 9.59 Å². The van der Waals surface area contributed by atoms with E-state index in [0.717, 1.165) is 24.6 Å². The lowest BCUT2D eigenvalue weighted by atomic mass is 10.1. The van der Waals surface area contributed by atoms with Crippen LogP contribution in [-0.4, -0.2) is 25.1 Å². The van der Waals surface area contributed by atoms with Gasteiger partial charge in [0.2, 0.25) is 5.76 Å². The number of carbonyl (C=O) groups excluding carboxylic acids is 2. The van der Waals surface area contributed by atoms with Gasteiger partial charge in [0.1, 0.15) is 5.58 Å². The highest BCUT2D eigenvalue weighted by atomic mass is 16.5. The largest absolute Gasteiger partial charge is 0.450 e. The van der Waals surface area contributed by atoms with Gasteiger partial charge in [0.05, 0.1) is 6.61 Å². The lowest BCUT2D eigenvalue weighted by Gasteiger charge is -2.08. The van der Waals surface area contributed by atoms with Crippen molar-refractivity contribution >= 4 is 28.5 Å². The Morgan fingerprint density at radius 1 is 1.10 bits per heavy atom. The van der Waals surface area contributed by atoms with Gasteiger partial charge in [0.15, 0.2) is 6.61 Å². The summed E-state index contributed by atoms with van der Waals surface area (Å²) < 4.78 is 16.3. The molecule has 0 saturated carbocycles. The van der Waals surface area contributed by atoms with Crippen LogP contribution in [0.5, 0.6) is 0 Å². The molecule has 1 heterocycles. The molecule has 1 aromatic heterocycles. The van der Waals surface area contributed by atoms with E-state index in [1.54, 1.807) is 6.07 Å². The molecule has 0 bridgehead atoms. The molecular weight excluding hydrogens is 370 g/mol. The molecule has 0 aliphatic heterocycles. The predicted molar refractivity (Wildman–Crippen MR) is 109 cm³/mol. The minimum absolute atomic E-state index is 0.0741. The number of anilines is 1. The molecule has 6 nitrogen and oxygen atoms in total. The molecule has 1 aliphatic carbocycles. The van der Waals surface area contributed by atoms with Gasteiger partial charge in [-0.25, -0.2) is 4.79 Å². The quantitative estimate of drug-likeness (QED) is 0.607. The molecule has 29 heavy (non-hydrogen) atoms. The summed E-state index contributed by atoms with van der Waals surface area (Å²) in [7, 11) is 0. The summed E-state index contributed by atoms with van der Waals surface area (Å²) in [5.74, 6) is -0.997. The second-order valence-electron chi connectivity index (χ2n) is 7.00. The first-order valence-corrected chi connectivity index (χ1v) is 9.82. The van der Waals surface area contributed by atoms with Gasteiger partial charge in [-0.2, -0.15) is 0 Å². The Hall–Kier alpha value is -3.12. The number of aryl methyl sites for hydroxylation is 2. The number of esters is 1. The molecule has 150 valence electrons. The summed E-state index contributed by atoms with van der Waals surface area (Å²) in [4.78, 5) is 24.8. The summed E-state index contributed by atoms with van der Waals surface area (Å²) in [6, 6.07) is 13.2. The average molecular weight is 393 g/mol. The maximum atomic E-state index is 12.6. The van der Waals surface area contributed by atoms with Crippen LogP contribution >= 0.6 is 0 Å². The fourth-order valence-electron chi connectivity index (χ4n) is 3.65. The SMILES string of the molecule is CCOCc1c(C(=O)OCC(=O)Nc2ccc3c(c2)CCC3)oc2ccccc12. The lowest BCUT2D eigenvalue weighted by Crippen LogP contribution is -2.21. The second-order valence-corrected chi connectivity index (χ2v) is 7.00. The Morgan fingerprint density at radius 2 is 1.93 bits per heavy atom. The van der Waals surface area contributed by atoms with Crippen LogP contribution < -0.4 is 5.32 Å². The second kappa shape index (κ2) is 8.49. The van der Waals surface area contributed by atoms with E-state index in [4.69, 9.17) is 13.9 Å². The fraction of sp³-hybridized carbons (Fsp3) is 0.304. The average Bonchev–Trinajstić information content (AvgIpc) is 3.34. The van der Waals surface area contributed by atoms with E-state index in [-0.39, 0.29) is 19.0 Å². The zero-order valence-corrected chi connectivity index (χ0v) is 16.3. The molecule has 1 amide bonds. The number of nitrogens with one attached hydrogen (secondary N) is 1. The number of ether oxygens (including phenoxy) is 2. The molecule has 4 rings (SSSR count). The molecule has 0 spiro atoms. The van der Waals surface area contributed by atoms with Crippen LogP contribution in [0, 0.1) is 0 Å². The Bertz CT molecular complexity index is 1050. The standard InChI is InChI=1S/C23H23NO5/c1-2-27-13-19-18-8-3-4-9-20(18)29-22(19)23(26)28-14-21(25)24-17-11-10-15-6-5-7-16(15)12-17/h3-4,8-12H,2,5-7,13-14H2,1H3,(H,24,25). The Kier molecular flexibility index (Phi) is 5.62. The molecule has 0 fully saturated rings. The minimum Gasteiger partial charge on any atom is -0.450 e. The van der Waals surface area contributed by atoms with Crippen molar-refractivity contribution in [3.63, 3.8) is 0 Å². The first kappa shape index (κ1) is 19.2. The molecule has 0 radical (unpaired) electrons. The van der Waals surface area contributed by atoms with Gasteiger partial charge in [-0.3, -0.25) is 4.79 Å². The van der Waals surface area contributed by atoms with E-state index >= 15 is 0 Å². The zero-order chi connectivity index (χ0) is 20.2. The molecule has 6 heteroatoms. The van der Waals surface area contributed by atoms with E-state index in [2.05, 4.69) is 5.32 Å². The van der Waals surface area contributed by atoms with Crippen molar-refractivity contribution in [2.24, 2.45) is 0 Å². The van der Waals surface area contributed by atoms with E-state index in [1.165, 1.54) is 11.1 Å². The summed E-state index contributed by atoms with van der Waals surface area (Å²) in [6.07, 6.45) is 3.26. The predicted octanol–water partition coefficient (Wildman–Crippen LogP) is 4.25. The van der Waals surface area contributed by atoms with Crippen LogP contribution in [0.2, 0.25) is 0 Å². The Balaban J connectivity index is 1.42. The number of carbonyl (C=O) groups is 2. The van der Waals surface area contributed by atoms with Crippen molar-refractivity contribution in [2.75, 3.05) is 18.5 Å². The summed E-state index contributed by atoms with van der Waals surface area (Å²) in [5.41, 5.74) is 4.53. The maximum absolute atomic E-state index is 12.6. The number of benzene rings is 2. The monoisotopic (exact) mass is 393 g/mol. The third-order valence-corrected chi connectivity index (χ3v) is 5.05. The first-order chi connectivity index (χ1) is 14.2. The van der Waals surface area contributed by atoms with Crippen LogP contribution in [-0.2, 0) is 33.7 Å². The topological polar surface area (TPSA) is 77.8 Å². The molecule has 1 aliphatic rings. The zero-order valence-electron chi connectivity index (χ0n) is 16.3. The molecule has 0 atom stereocenters. The molecule has 2 aromatic carbocycles. The van der Waals surface area contributed by atoms with Gasteiger partial charge >= 0.3 is 5.97 Å². The van der Waals surface area contributed by atoms with Gasteiger partial charge in [0, 0.05) is 23.2 Å². The number of amides is 1. The molecule has 0 saturated heterocycles. The maximum Gasteiger partial charge on any atom is 0.375 e. The van der Waals surface area contributed by atoms with Gasteiger partial charge in [-0.15, -0.1) is 0 Å². The normalized spacial score (nSPS) is 12.7. The Morgan fingerprint density at radius 3 is 2.79 bits per heavy atom.